The Morgan fingerprint density at radius 1 is 1.20 bits per heavy atom. The minimum Gasteiger partial charge on any atom is -0.340 e. The van der Waals surface area contributed by atoms with E-state index in [2.05, 4.69) is 53.3 Å². The van der Waals surface area contributed by atoms with E-state index in [-0.39, 0.29) is 0 Å². The van der Waals surface area contributed by atoms with Crippen molar-refractivity contribution >= 4 is 0 Å². The van der Waals surface area contributed by atoms with Crippen LogP contribution in [0, 0.1) is 0 Å². The fourth-order valence-electron chi connectivity index (χ4n) is 2.96. The first-order valence-electron chi connectivity index (χ1n) is 7.42. The molecule has 20 heavy (non-hydrogen) atoms. The van der Waals surface area contributed by atoms with Gasteiger partial charge in [-0.2, -0.15) is 0 Å². The number of hydrogen-bond donors (Lipinski definition) is 2. The summed E-state index contributed by atoms with van der Waals surface area (Å²) in [6, 6.07) is 10.7. The fourth-order valence-corrected chi connectivity index (χ4v) is 2.96. The molecule has 0 amide bonds. The topological polar surface area (TPSA) is 44.0 Å². The zero-order valence-corrected chi connectivity index (χ0v) is 12.2. The molecule has 2 heterocycles. The summed E-state index contributed by atoms with van der Waals surface area (Å²) < 4.78 is 0. The van der Waals surface area contributed by atoms with Gasteiger partial charge in [0.05, 0.1) is 17.4 Å². The molecule has 0 bridgehead atoms. The van der Waals surface area contributed by atoms with Gasteiger partial charge in [-0.3, -0.25) is 4.90 Å². The van der Waals surface area contributed by atoms with Crippen LogP contribution in [-0.4, -0.2) is 34.5 Å². The number of rotatable bonds is 4. The number of imidazole rings is 1. The van der Waals surface area contributed by atoms with E-state index in [0.29, 0.717) is 6.04 Å². The number of nitrogens with one attached hydrogen (secondary N) is 2. The number of H-pyrrole nitrogens is 1. The smallest absolute Gasteiger partial charge is 0.137 e. The van der Waals surface area contributed by atoms with Crippen molar-refractivity contribution in [3.63, 3.8) is 0 Å². The van der Waals surface area contributed by atoms with Gasteiger partial charge in [-0.25, -0.2) is 4.98 Å². The molecule has 1 aliphatic rings. The van der Waals surface area contributed by atoms with Gasteiger partial charge >= 0.3 is 0 Å². The van der Waals surface area contributed by atoms with Crippen molar-refractivity contribution in [2.45, 2.75) is 26.4 Å². The van der Waals surface area contributed by atoms with Crippen LogP contribution in [0.25, 0.3) is 11.4 Å². The Kier molecular flexibility index (Phi) is 3.85. The number of fused-ring (bicyclic) bond motifs is 1. The highest BCUT2D eigenvalue weighted by molar-refractivity contribution is 5.56. The molecule has 1 aliphatic heterocycles. The van der Waals surface area contributed by atoms with Crippen molar-refractivity contribution in [3.8, 4) is 11.4 Å². The Hall–Kier alpha value is -1.65. The SMILES string of the molecule is CCN(CC)C1CNCc2[nH]c(-c3ccccc3)nc21. The van der Waals surface area contributed by atoms with Crippen LogP contribution < -0.4 is 5.32 Å². The van der Waals surface area contributed by atoms with Gasteiger partial charge in [0.15, 0.2) is 0 Å². The second kappa shape index (κ2) is 5.77. The van der Waals surface area contributed by atoms with Crippen LogP contribution in [0.4, 0.5) is 0 Å². The molecule has 2 aromatic rings. The first-order chi connectivity index (χ1) is 9.83. The molecule has 1 aromatic heterocycles. The van der Waals surface area contributed by atoms with Crippen molar-refractivity contribution < 1.29 is 0 Å². The van der Waals surface area contributed by atoms with E-state index in [9.17, 15) is 0 Å². The monoisotopic (exact) mass is 270 g/mol. The number of likely N-dealkylation sites (N-methyl/N-ethyl adjacent to an activating group) is 1. The number of aromatic nitrogens is 2. The van der Waals surface area contributed by atoms with Crippen LogP contribution in [0.1, 0.15) is 31.3 Å². The molecule has 3 rings (SSSR count). The Balaban J connectivity index is 1.96. The van der Waals surface area contributed by atoms with Crippen LogP contribution in [0.5, 0.6) is 0 Å². The summed E-state index contributed by atoms with van der Waals surface area (Å²) in [6.07, 6.45) is 0. The molecule has 4 nitrogen and oxygen atoms in total. The number of benzene rings is 1. The second-order valence-electron chi connectivity index (χ2n) is 5.18. The lowest BCUT2D eigenvalue weighted by molar-refractivity contribution is 0.200. The van der Waals surface area contributed by atoms with Crippen molar-refractivity contribution in [3.05, 3.63) is 41.7 Å². The van der Waals surface area contributed by atoms with Gasteiger partial charge in [-0.1, -0.05) is 44.2 Å². The molecular weight excluding hydrogens is 248 g/mol. The van der Waals surface area contributed by atoms with E-state index in [0.717, 1.165) is 37.6 Å². The van der Waals surface area contributed by atoms with Crippen LogP contribution in [0.15, 0.2) is 30.3 Å². The lowest BCUT2D eigenvalue weighted by Crippen LogP contribution is -2.39. The zero-order valence-electron chi connectivity index (χ0n) is 12.2. The van der Waals surface area contributed by atoms with Crippen LogP contribution >= 0.6 is 0 Å². The van der Waals surface area contributed by atoms with E-state index in [1.165, 1.54) is 11.4 Å². The van der Waals surface area contributed by atoms with Crippen LogP contribution in [0.3, 0.4) is 0 Å². The Labute approximate surface area is 120 Å². The maximum atomic E-state index is 4.88. The second-order valence-corrected chi connectivity index (χ2v) is 5.18. The normalized spacial score (nSPS) is 18.2. The van der Waals surface area contributed by atoms with Crippen molar-refractivity contribution in [2.24, 2.45) is 0 Å². The van der Waals surface area contributed by atoms with E-state index in [4.69, 9.17) is 4.98 Å². The van der Waals surface area contributed by atoms with Crippen molar-refractivity contribution in [2.75, 3.05) is 19.6 Å². The number of aromatic amines is 1. The summed E-state index contributed by atoms with van der Waals surface area (Å²) in [5.41, 5.74) is 3.60. The summed E-state index contributed by atoms with van der Waals surface area (Å²) in [5, 5.41) is 3.49. The summed E-state index contributed by atoms with van der Waals surface area (Å²) in [6.45, 7) is 8.39. The first kappa shape index (κ1) is 13.3. The molecule has 0 radical (unpaired) electrons. The molecule has 1 unspecified atom stereocenters. The van der Waals surface area contributed by atoms with Gasteiger partial charge in [0.1, 0.15) is 5.82 Å². The molecule has 106 valence electrons. The highest BCUT2D eigenvalue weighted by Gasteiger charge is 2.27. The van der Waals surface area contributed by atoms with Crippen LogP contribution in [0.2, 0.25) is 0 Å². The third-order valence-electron chi connectivity index (χ3n) is 4.07. The average Bonchev–Trinajstić information content (AvgIpc) is 2.94. The maximum absolute atomic E-state index is 4.88. The van der Waals surface area contributed by atoms with E-state index < -0.39 is 0 Å². The van der Waals surface area contributed by atoms with Gasteiger partial charge in [0.25, 0.3) is 0 Å². The minimum absolute atomic E-state index is 0.377. The molecule has 1 atom stereocenters. The Morgan fingerprint density at radius 2 is 1.95 bits per heavy atom. The lowest BCUT2D eigenvalue weighted by atomic mass is 10.1. The molecule has 0 fully saturated rings. The quantitative estimate of drug-likeness (QED) is 0.897. The molecule has 1 aromatic carbocycles. The largest absolute Gasteiger partial charge is 0.340 e. The molecule has 2 N–H and O–H groups in total. The minimum atomic E-state index is 0.377. The Bertz CT molecular complexity index is 557. The first-order valence-corrected chi connectivity index (χ1v) is 7.42. The third-order valence-corrected chi connectivity index (χ3v) is 4.07. The van der Waals surface area contributed by atoms with Gasteiger partial charge in [-0.05, 0) is 13.1 Å². The summed E-state index contributed by atoms with van der Waals surface area (Å²) >= 11 is 0. The maximum Gasteiger partial charge on any atom is 0.137 e. The molecule has 0 aliphatic carbocycles. The number of nitrogens with zero attached hydrogens (tertiary/aromatic N) is 2. The molecule has 0 spiro atoms. The van der Waals surface area contributed by atoms with E-state index >= 15 is 0 Å². The molecule has 0 saturated carbocycles. The molecule has 0 saturated heterocycles. The predicted molar refractivity (Wildman–Crippen MR) is 81.4 cm³/mol. The zero-order chi connectivity index (χ0) is 13.9. The van der Waals surface area contributed by atoms with Gasteiger partial charge in [-0.15, -0.1) is 0 Å². The van der Waals surface area contributed by atoms with Crippen LogP contribution in [-0.2, 0) is 6.54 Å². The highest BCUT2D eigenvalue weighted by Crippen LogP contribution is 2.28. The van der Waals surface area contributed by atoms with Gasteiger partial charge in [0.2, 0.25) is 0 Å². The fraction of sp³-hybridized carbons (Fsp3) is 0.438. The highest BCUT2D eigenvalue weighted by atomic mass is 15.2. The molecular formula is C16H22N4. The van der Waals surface area contributed by atoms with Crippen molar-refractivity contribution in [1.29, 1.82) is 0 Å². The van der Waals surface area contributed by atoms with Gasteiger partial charge in [0, 0.05) is 18.7 Å². The van der Waals surface area contributed by atoms with Crippen molar-refractivity contribution in [1.82, 2.24) is 20.2 Å². The summed E-state index contributed by atoms with van der Waals surface area (Å²) in [7, 11) is 0. The van der Waals surface area contributed by atoms with E-state index in [1.54, 1.807) is 0 Å². The number of hydrogen-bond acceptors (Lipinski definition) is 3. The third kappa shape index (κ3) is 2.37. The lowest BCUT2D eigenvalue weighted by Gasteiger charge is -2.32. The average molecular weight is 270 g/mol. The standard InChI is InChI=1S/C16H22N4/c1-3-20(4-2)14-11-17-10-13-15(14)19-16(18-13)12-8-6-5-7-9-12/h5-9,14,17H,3-4,10-11H2,1-2H3,(H,18,19). The predicted octanol–water partition coefficient (Wildman–Crippen LogP) is 2.56. The van der Waals surface area contributed by atoms with E-state index in [1.807, 2.05) is 6.07 Å². The summed E-state index contributed by atoms with van der Waals surface area (Å²) in [5.74, 6) is 0.983. The Morgan fingerprint density at radius 3 is 2.65 bits per heavy atom. The molecule has 4 heteroatoms. The summed E-state index contributed by atoms with van der Waals surface area (Å²) in [4.78, 5) is 10.8. The van der Waals surface area contributed by atoms with Gasteiger partial charge < -0.3 is 10.3 Å².